The van der Waals surface area contributed by atoms with E-state index in [9.17, 15) is 8.78 Å². The van der Waals surface area contributed by atoms with Gasteiger partial charge in [0, 0.05) is 12.4 Å². The number of aromatic nitrogens is 4. The van der Waals surface area contributed by atoms with Crippen molar-refractivity contribution in [3.8, 4) is 6.07 Å². The standard InChI is InChI=1S/C12H11F2N5S/c1-7-8(2)17-18-11(9(7)5-15)20-6-10-16-3-4-19(10)12(13)14/h3-4,12H,6H2,1-2H3. The van der Waals surface area contributed by atoms with Crippen LogP contribution in [0.3, 0.4) is 0 Å². The minimum atomic E-state index is -2.63. The Morgan fingerprint density at radius 1 is 1.40 bits per heavy atom. The van der Waals surface area contributed by atoms with Crippen LogP contribution in [-0.4, -0.2) is 19.7 Å². The molecule has 0 fully saturated rings. The van der Waals surface area contributed by atoms with Gasteiger partial charge in [-0.2, -0.15) is 19.1 Å². The maximum absolute atomic E-state index is 12.7. The molecule has 0 amide bonds. The van der Waals surface area contributed by atoms with Gasteiger partial charge in [-0.1, -0.05) is 11.8 Å². The van der Waals surface area contributed by atoms with Crippen LogP contribution in [0, 0.1) is 25.2 Å². The molecule has 0 aliphatic heterocycles. The van der Waals surface area contributed by atoms with Gasteiger partial charge in [0.25, 0.3) is 0 Å². The highest BCUT2D eigenvalue weighted by Gasteiger charge is 2.15. The lowest BCUT2D eigenvalue weighted by Crippen LogP contribution is -2.03. The number of rotatable bonds is 4. The number of hydrogen-bond donors (Lipinski definition) is 0. The first-order chi connectivity index (χ1) is 9.54. The van der Waals surface area contributed by atoms with Crippen molar-refractivity contribution >= 4 is 11.8 Å². The highest BCUT2D eigenvalue weighted by Crippen LogP contribution is 2.26. The number of alkyl halides is 2. The van der Waals surface area contributed by atoms with Crippen LogP contribution < -0.4 is 0 Å². The second-order valence-electron chi connectivity index (χ2n) is 4.02. The van der Waals surface area contributed by atoms with Gasteiger partial charge < -0.3 is 0 Å². The molecule has 2 rings (SSSR count). The minimum absolute atomic E-state index is 0.198. The third-order valence-corrected chi connectivity index (χ3v) is 3.79. The summed E-state index contributed by atoms with van der Waals surface area (Å²) in [5, 5.41) is 17.5. The third-order valence-electron chi connectivity index (χ3n) is 2.83. The largest absolute Gasteiger partial charge is 0.319 e. The van der Waals surface area contributed by atoms with E-state index in [1.165, 1.54) is 24.2 Å². The Hall–Kier alpha value is -2.01. The van der Waals surface area contributed by atoms with Crippen molar-refractivity contribution in [1.29, 1.82) is 5.26 Å². The fraction of sp³-hybridized carbons (Fsp3) is 0.333. The molecule has 0 saturated heterocycles. The van der Waals surface area contributed by atoms with Gasteiger partial charge in [-0.25, -0.2) is 4.98 Å². The molecule has 0 aliphatic carbocycles. The fourth-order valence-electron chi connectivity index (χ4n) is 1.59. The van der Waals surface area contributed by atoms with Crippen LogP contribution in [0.5, 0.6) is 0 Å². The number of thioether (sulfide) groups is 1. The van der Waals surface area contributed by atoms with Crippen molar-refractivity contribution < 1.29 is 8.78 Å². The Bertz CT molecular complexity index is 662. The van der Waals surface area contributed by atoms with Crippen LogP contribution >= 0.6 is 11.8 Å². The molecule has 0 aromatic carbocycles. The summed E-state index contributed by atoms with van der Waals surface area (Å²) < 4.78 is 26.2. The maximum Gasteiger partial charge on any atom is 0.319 e. The van der Waals surface area contributed by atoms with E-state index < -0.39 is 6.55 Å². The zero-order valence-corrected chi connectivity index (χ0v) is 11.7. The second kappa shape index (κ2) is 5.96. The summed E-state index contributed by atoms with van der Waals surface area (Å²) in [4.78, 5) is 3.88. The van der Waals surface area contributed by atoms with E-state index in [2.05, 4.69) is 21.3 Å². The van der Waals surface area contributed by atoms with Crippen LogP contribution in [0.15, 0.2) is 17.4 Å². The summed E-state index contributed by atoms with van der Waals surface area (Å²) in [6.07, 6.45) is 2.54. The van der Waals surface area contributed by atoms with Gasteiger partial charge in [0.15, 0.2) is 0 Å². The molecule has 0 bridgehead atoms. The van der Waals surface area contributed by atoms with Gasteiger partial charge in [-0.3, -0.25) is 4.57 Å². The van der Waals surface area contributed by atoms with Crippen molar-refractivity contribution in [2.75, 3.05) is 0 Å². The Morgan fingerprint density at radius 3 is 2.80 bits per heavy atom. The van der Waals surface area contributed by atoms with Gasteiger partial charge >= 0.3 is 6.55 Å². The lowest BCUT2D eigenvalue weighted by molar-refractivity contribution is 0.0678. The first-order valence-electron chi connectivity index (χ1n) is 5.71. The summed E-state index contributed by atoms with van der Waals surface area (Å²) >= 11 is 1.17. The molecule has 104 valence electrons. The van der Waals surface area contributed by atoms with Crippen molar-refractivity contribution in [3.63, 3.8) is 0 Å². The Kier molecular flexibility index (Phi) is 4.29. The van der Waals surface area contributed by atoms with Crippen LogP contribution in [0.2, 0.25) is 0 Å². The Balaban J connectivity index is 2.22. The van der Waals surface area contributed by atoms with Gasteiger partial charge in [0.2, 0.25) is 0 Å². The molecule has 0 aliphatic rings. The number of halogens is 2. The molecule has 0 spiro atoms. The molecular formula is C12H11F2N5S. The first-order valence-corrected chi connectivity index (χ1v) is 6.69. The molecule has 5 nitrogen and oxygen atoms in total. The molecule has 0 unspecified atom stereocenters. The zero-order valence-electron chi connectivity index (χ0n) is 10.8. The van der Waals surface area contributed by atoms with E-state index in [4.69, 9.17) is 5.26 Å². The molecule has 0 N–H and O–H groups in total. The summed E-state index contributed by atoms with van der Waals surface area (Å²) in [5.74, 6) is 0.428. The molecule has 0 atom stereocenters. The predicted molar refractivity (Wildman–Crippen MR) is 69.3 cm³/mol. The minimum Gasteiger partial charge on any atom is -0.277 e. The third kappa shape index (κ3) is 2.77. The first kappa shape index (κ1) is 14.4. The van der Waals surface area contributed by atoms with Crippen LogP contribution in [0.1, 0.15) is 29.2 Å². The number of imidazole rings is 1. The molecule has 2 heterocycles. The van der Waals surface area contributed by atoms with Crippen molar-refractivity contribution in [1.82, 2.24) is 19.7 Å². The smallest absolute Gasteiger partial charge is 0.277 e. The Labute approximate surface area is 118 Å². The quantitative estimate of drug-likeness (QED) is 0.811. The lowest BCUT2D eigenvalue weighted by Gasteiger charge is -2.08. The van der Waals surface area contributed by atoms with Crippen LogP contribution in [-0.2, 0) is 5.75 Å². The number of hydrogen-bond acceptors (Lipinski definition) is 5. The fourth-order valence-corrected chi connectivity index (χ4v) is 2.52. The topological polar surface area (TPSA) is 67.4 Å². The highest BCUT2D eigenvalue weighted by atomic mass is 32.2. The number of nitriles is 1. The average Bonchev–Trinajstić information content (AvgIpc) is 2.88. The summed E-state index contributed by atoms with van der Waals surface area (Å²) in [6, 6.07) is 2.07. The molecule has 0 radical (unpaired) electrons. The molecule has 20 heavy (non-hydrogen) atoms. The summed E-state index contributed by atoms with van der Waals surface area (Å²) in [7, 11) is 0. The van der Waals surface area contributed by atoms with Gasteiger partial charge in [0.05, 0.1) is 17.0 Å². The van der Waals surface area contributed by atoms with Gasteiger partial charge in [0.1, 0.15) is 16.9 Å². The summed E-state index contributed by atoms with van der Waals surface area (Å²) in [6.45, 7) is 0.919. The molecular weight excluding hydrogens is 284 g/mol. The van der Waals surface area contributed by atoms with Crippen molar-refractivity contribution in [2.45, 2.75) is 31.2 Å². The van der Waals surface area contributed by atoms with Crippen LogP contribution in [0.4, 0.5) is 8.78 Å². The zero-order chi connectivity index (χ0) is 14.7. The second-order valence-corrected chi connectivity index (χ2v) is 4.98. The maximum atomic E-state index is 12.7. The lowest BCUT2D eigenvalue weighted by atomic mass is 10.1. The van der Waals surface area contributed by atoms with E-state index in [1.807, 2.05) is 0 Å². The predicted octanol–water partition coefficient (Wildman–Crippen LogP) is 2.85. The molecule has 0 saturated carbocycles. The van der Waals surface area contributed by atoms with E-state index in [0.29, 0.717) is 16.3 Å². The van der Waals surface area contributed by atoms with Gasteiger partial charge in [-0.05, 0) is 19.4 Å². The molecule has 2 aromatic heterocycles. The van der Waals surface area contributed by atoms with E-state index in [1.54, 1.807) is 13.8 Å². The van der Waals surface area contributed by atoms with E-state index in [-0.39, 0.29) is 11.6 Å². The molecule has 8 heteroatoms. The van der Waals surface area contributed by atoms with Crippen LogP contribution in [0.25, 0.3) is 0 Å². The van der Waals surface area contributed by atoms with Crippen molar-refractivity contribution in [2.24, 2.45) is 0 Å². The SMILES string of the molecule is Cc1nnc(SCc2nccn2C(F)F)c(C#N)c1C. The monoisotopic (exact) mass is 295 g/mol. The van der Waals surface area contributed by atoms with Gasteiger partial charge in [-0.15, -0.1) is 5.10 Å². The normalized spacial score (nSPS) is 10.8. The highest BCUT2D eigenvalue weighted by molar-refractivity contribution is 7.98. The average molecular weight is 295 g/mol. The number of aryl methyl sites for hydroxylation is 1. The van der Waals surface area contributed by atoms with Crippen molar-refractivity contribution in [3.05, 3.63) is 35.0 Å². The summed E-state index contributed by atoms with van der Waals surface area (Å²) in [5.41, 5.74) is 1.86. The van der Waals surface area contributed by atoms with E-state index >= 15 is 0 Å². The Morgan fingerprint density at radius 2 is 2.15 bits per heavy atom. The van der Waals surface area contributed by atoms with E-state index in [0.717, 1.165) is 10.1 Å². The number of nitrogens with zero attached hydrogens (tertiary/aromatic N) is 5. The molecule has 2 aromatic rings.